The Balaban J connectivity index is 1.71. The van der Waals surface area contributed by atoms with Gasteiger partial charge in [-0.15, -0.1) is 11.3 Å². The number of carbonyl (C=O) groups is 1. The molecule has 3 rings (SSSR count). The van der Waals surface area contributed by atoms with Crippen LogP contribution in [0.3, 0.4) is 0 Å². The van der Waals surface area contributed by atoms with Crippen LogP contribution in [-0.4, -0.2) is 44.2 Å². The largest absolute Gasteiger partial charge is 0.390 e. The molecule has 1 saturated heterocycles. The van der Waals surface area contributed by atoms with Crippen molar-refractivity contribution < 1.29 is 9.90 Å². The first-order valence-corrected chi connectivity index (χ1v) is 7.48. The van der Waals surface area contributed by atoms with Gasteiger partial charge in [-0.05, 0) is 18.9 Å². The monoisotopic (exact) mass is 292 g/mol. The minimum absolute atomic E-state index is 0.0385. The van der Waals surface area contributed by atoms with Crippen molar-refractivity contribution in [3.8, 4) is 0 Å². The zero-order valence-electron chi connectivity index (χ0n) is 11.0. The molecule has 2 N–H and O–H groups in total. The summed E-state index contributed by atoms with van der Waals surface area (Å²) in [5.41, 5.74) is 3.32. The van der Waals surface area contributed by atoms with Gasteiger partial charge in [0.1, 0.15) is 4.88 Å². The predicted octanol–water partition coefficient (Wildman–Crippen LogP) is 1.38. The Morgan fingerprint density at radius 1 is 1.60 bits per heavy atom. The molecule has 1 unspecified atom stereocenters. The maximum Gasteiger partial charge on any atom is 0.265 e. The van der Waals surface area contributed by atoms with Gasteiger partial charge >= 0.3 is 0 Å². The number of aromatic nitrogens is 3. The van der Waals surface area contributed by atoms with Crippen molar-refractivity contribution in [2.24, 2.45) is 0 Å². The number of aliphatic hydroxyl groups excluding tert-OH is 1. The highest BCUT2D eigenvalue weighted by Gasteiger charge is 2.27. The van der Waals surface area contributed by atoms with Crippen LogP contribution < -0.4 is 0 Å². The SMILES string of the molecule is O=C(c1cncs1)N1CCCC(c2cc(CO)[nH]n2)C1. The summed E-state index contributed by atoms with van der Waals surface area (Å²) >= 11 is 1.37. The van der Waals surface area contributed by atoms with E-state index in [0.717, 1.165) is 25.1 Å². The molecule has 1 atom stereocenters. The van der Waals surface area contributed by atoms with Crippen LogP contribution in [0.2, 0.25) is 0 Å². The lowest BCUT2D eigenvalue weighted by Crippen LogP contribution is -2.38. The Bertz CT molecular complexity index is 581. The first-order chi connectivity index (χ1) is 9.78. The molecule has 0 spiro atoms. The van der Waals surface area contributed by atoms with Crippen LogP contribution in [0.1, 0.15) is 39.8 Å². The molecule has 0 aromatic carbocycles. The fraction of sp³-hybridized carbons (Fsp3) is 0.462. The van der Waals surface area contributed by atoms with Gasteiger partial charge < -0.3 is 10.0 Å². The van der Waals surface area contributed by atoms with Crippen LogP contribution in [0.25, 0.3) is 0 Å². The highest BCUT2D eigenvalue weighted by Crippen LogP contribution is 2.27. The number of likely N-dealkylation sites (tertiary alicyclic amines) is 1. The van der Waals surface area contributed by atoms with Crippen molar-refractivity contribution in [2.45, 2.75) is 25.4 Å². The van der Waals surface area contributed by atoms with Crippen LogP contribution in [0.15, 0.2) is 17.8 Å². The summed E-state index contributed by atoms with van der Waals surface area (Å²) in [5.74, 6) is 0.285. The number of H-pyrrole nitrogens is 1. The summed E-state index contributed by atoms with van der Waals surface area (Å²) in [6.07, 6.45) is 3.60. The quantitative estimate of drug-likeness (QED) is 0.895. The molecule has 2 aromatic rings. The molecule has 20 heavy (non-hydrogen) atoms. The molecule has 106 valence electrons. The topological polar surface area (TPSA) is 82.1 Å². The van der Waals surface area contributed by atoms with Gasteiger partial charge in [-0.3, -0.25) is 14.9 Å². The standard InChI is InChI=1S/C13H16N4O2S/c18-7-10-4-11(16-15-10)9-2-1-3-17(6-9)13(19)12-5-14-8-20-12/h4-5,8-9,18H,1-3,6-7H2,(H,15,16). The Morgan fingerprint density at radius 2 is 2.50 bits per heavy atom. The van der Waals surface area contributed by atoms with Gasteiger partial charge in [-0.25, -0.2) is 0 Å². The van der Waals surface area contributed by atoms with Gasteiger partial charge in [0.25, 0.3) is 5.91 Å². The lowest BCUT2D eigenvalue weighted by Gasteiger charge is -2.31. The second-order valence-electron chi connectivity index (χ2n) is 4.93. The molecule has 0 radical (unpaired) electrons. The molecule has 2 aromatic heterocycles. The highest BCUT2D eigenvalue weighted by molar-refractivity contribution is 7.11. The Morgan fingerprint density at radius 3 is 3.20 bits per heavy atom. The van der Waals surface area contributed by atoms with E-state index >= 15 is 0 Å². The Kier molecular flexibility index (Phi) is 3.79. The third-order valence-electron chi connectivity index (χ3n) is 3.59. The Hall–Kier alpha value is -1.73. The summed E-state index contributed by atoms with van der Waals surface area (Å²) in [7, 11) is 0. The summed E-state index contributed by atoms with van der Waals surface area (Å²) in [4.78, 5) is 18.8. The molecular weight excluding hydrogens is 276 g/mol. The van der Waals surface area contributed by atoms with E-state index in [4.69, 9.17) is 5.11 Å². The molecule has 6 nitrogen and oxygen atoms in total. The second kappa shape index (κ2) is 5.72. The minimum Gasteiger partial charge on any atom is -0.390 e. The van der Waals surface area contributed by atoms with Crippen molar-refractivity contribution in [3.05, 3.63) is 34.0 Å². The van der Waals surface area contributed by atoms with Crippen LogP contribution >= 0.6 is 11.3 Å². The zero-order valence-corrected chi connectivity index (χ0v) is 11.8. The highest BCUT2D eigenvalue weighted by atomic mass is 32.1. The van der Waals surface area contributed by atoms with E-state index in [1.807, 2.05) is 11.0 Å². The van der Waals surface area contributed by atoms with Gasteiger partial charge in [0.15, 0.2) is 0 Å². The summed E-state index contributed by atoms with van der Waals surface area (Å²) < 4.78 is 0. The van der Waals surface area contributed by atoms with Gasteiger partial charge in [0.05, 0.1) is 29.7 Å². The van der Waals surface area contributed by atoms with Crippen molar-refractivity contribution in [1.29, 1.82) is 0 Å². The van der Waals surface area contributed by atoms with E-state index in [1.165, 1.54) is 11.3 Å². The van der Waals surface area contributed by atoms with Crippen molar-refractivity contribution in [2.75, 3.05) is 13.1 Å². The smallest absolute Gasteiger partial charge is 0.265 e. The number of carbonyl (C=O) groups excluding carboxylic acids is 1. The molecule has 1 aliphatic heterocycles. The molecule has 1 aliphatic rings. The number of amides is 1. The van der Waals surface area contributed by atoms with E-state index in [2.05, 4.69) is 15.2 Å². The Labute approximate surface area is 120 Å². The first-order valence-electron chi connectivity index (χ1n) is 6.60. The van der Waals surface area contributed by atoms with Crippen molar-refractivity contribution in [3.63, 3.8) is 0 Å². The summed E-state index contributed by atoms with van der Waals surface area (Å²) in [6, 6.07) is 1.88. The van der Waals surface area contributed by atoms with Crippen LogP contribution in [-0.2, 0) is 6.61 Å². The van der Waals surface area contributed by atoms with Gasteiger partial charge in [0, 0.05) is 19.0 Å². The lowest BCUT2D eigenvalue weighted by molar-refractivity contribution is 0.0710. The van der Waals surface area contributed by atoms with Crippen LogP contribution in [0.5, 0.6) is 0 Å². The van der Waals surface area contributed by atoms with E-state index in [1.54, 1.807) is 11.7 Å². The number of aromatic amines is 1. The first kappa shape index (κ1) is 13.3. The number of nitrogens with one attached hydrogen (secondary N) is 1. The molecule has 7 heteroatoms. The van der Waals surface area contributed by atoms with Gasteiger partial charge in [-0.1, -0.05) is 0 Å². The summed E-state index contributed by atoms with van der Waals surface area (Å²) in [6.45, 7) is 1.42. The number of hydrogen-bond acceptors (Lipinski definition) is 5. The number of hydrogen-bond donors (Lipinski definition) is 2. The fourth-order valence-corrected chi connectivity index (χ4v) is 3.14. The molecule has 0 saturated carbocycles. The molecule has 3 heterocycles. The average Bonchev–Trinajstić information content (AvgIpc) is 3.17. The van der Waals surface area contributed by atoms with Crippen molar-refractivity contribution >= 4 is 17.2 Å². The van der Waals surface area contributed by atoms with E-state index in [0.29, 0.717) is 17.1 Å². The van der Waals surface area contributed by atoms with Crippen LogP contribution in [0, 0.1) is 0 Å². The third kappa shape index (κ3) is 2.59. The molecule has 0 aliphatic carbocycles. The van der Waals surface area contributed by atoms with E-state index < -0.39 is 0 Å². The lowest BCUT2D eigenvalue weighted by atomic mass is 9.94. The fourth-order valence-electron chi connectivity index (χ4n) is 2.55. The second-order valence-corrected chi connectivity index (χ2v) is 5.82. The normalized spacial score (nSPS) is 19.2. The van der Waals surface area contributed by atoms with Gasteiger partial charge in [-0.2, -0.15) is 5.10 Å². The van der Waals surface area contributed by atoms with Crippen LogP contribution in [0.4, 0.5) is 0 Å². The molecule has 0 bridgehead atoms. The predicted molar refractivity (Wildman–Crippen MR) is 74.5 cm³/mol. The number of rotatable bonds is 3. The number of piperidine rings is 1. The average molecular weight is 292 g/mol. The molecule has 1 fully saturated rings. The minimum atomic E-state index is -0.0385. The van der Waals surface area contributed by atoms with Crippen molar-refractivity contribution in [1.82, 2.24) is 20.1 Å². The maximum absolute atomic E-state index is 12.3. The maximum atomic E-state index is 12.3. The summed E-state index contributed by atoms with van der Waals surface area (Å²) in [5, 5.41) is 16.1. The number of nitrogens with zero attached hydrogens (tertiary/aromatic N) is 3. The van der Waals surface area contributed by atoms with E-state index in [9.17, 15) is 4.79 Å². The zero-order chi connectivity index (χ0) is 13.9. The third-order valence-corrected chi connectivity index (χ3v) is 4.35. The van der Waals surface area contributed by atoms with Gasteiger partial charge in [0.2, 0.25) is 0 Å². The van der Waals surface area contributed by atoms with E-state index in [-0.39, 0.29) is 18.4 Å². The molecular formula is C13H16N4O2S. The number of thiazole rings is 1. The number of aliphatic hydroxyl groups is 1. The molecule has 1 amide bonds.